The van der Waals surface area contributed by atoms with Gasteiger partial charge in [-0.05, 0) is 47.4 Å². The second kappa shape index (κ2) is 11.6. The van der Waals surface area contributed by atoms with Crippen molar-refractivity contribution in [3.63, 3.8) is 0 Å². The van der Waals surface area contributed by atoms with E-state index in [1.54, 1.807) is 13.4 Å². The zero-order chi connectivity index (χ0) is 27.4. The van der Waals surface area contributed by atoms with Crippen LogP contribution in [0.25, 0.3) is 11.4 Å². The predicted octanol–water partition coefficient (Wildman–Crippen LogP) is 5.33. The number of carbonyl (C=O) groups is 1. The summed E-state index contributed by atoms with van der Waals surface area (Å²) >= 11 is 1.42. The molecule has 1 aliphatic rings. The lowest BCUT2D eigenvalue weighted by atomic mass is 9.87. The molecule has 8 nitrogen and oxygen atoms in total. The first-order valence-electron chi connectivity index (χ1n) is 13.2. The first-order valence-corrected chi connectivity index (χ1v) is 14.2. The van der Waals surface area contributed by atoms with Crippen molar-refractivity contribution in [2.24, 2.45) is 0 Å². The summed E-state index contributed by atoms with van der Waals surface area (Å²) < 4.78 is 12.9. The van der Waals surface area contributed by atoms with Crippen molar-refractivity contribution >= 4 is 23.4 Å². The number of piperazine rings is 1. The molecule has 0 unspecified atom stereocenters. The van der Waals surface area contributed by atoms with Crippen LogP contribution in [-0.4, -0.2) is 64.6 Å². The molecule has 1 aliphatic heterocycles. The smallest absolute Gasteiger partial charge is 0.233 e. The Morgan fingerprint density at radius 1 is 0.974 bits per heavy atom. The summed E-state index contributed by atoms with van der Waals surface area (Å²) in [5, 5.41) is 9.69. The molecule has 1 amide bonds. The van der Waals surface area contributed by atoms with Crippen molar-refractivity contribution in [1.82, 2.24) is 19.7 Å². The van der Waals surface area contributed by atoms with Crippen LogP contribution in [0.4, 0.5) is 5.69 Å². The van der Waals surface area contributed by atoms with Gasteiger partial charge in [-0.15, -0.1) is 10.2 Å². The first-order chi connectivity index (χ1) is 18.8. The van der Waals surface area contributed by atoms with Gasteiger partial charge in [0.25, 0.3) is 0 Å². The van der Waals surface area contributed by atoms with Crippen LogP contribution in [0.1, 0.15) is 32.1 Å². The van der Waals surface area contributed by atoms with E-state index in [0.717, 1.165) is 41.7 Å². The predicted molar refractivity (Wildman–Crippen MR) is 154 cm³/mol. The molecule has 0 atom stereocenters. The molecule has 0 spiro atoms. The first kappa shape index (κ1) is 26.9. The van der Waals surface area contributed by atoms with Gasteiger partial charge in [0.15, 0.2) is 11.0 Å². The Hall–Kier alpha value is -3.72. The van der Waals surface area contributed by atoms with Crippen molar-refractivity contribution in [1.29, 1.82) is 0 Å². The molecule has 0 N–H and O–H groups in total. The zero-order valence-electron chi connectivity index (χ0n) is 23.0. The molecule has 9 heteroatoms. The highest BCUT2D eigenvalue weighted by Gasteiger charge is 2.23. The maximum atomic E-state index is 13.1. The number of methoxy groups -OCH3 is 1. The lowest BCUT2D eigenvalue weighted by Gasteiger charge is -2.36. The molecule has 5 rings (SSSR count). The minimum absolute atomic E-state index is 0.0713. The molecule has 4 aromatic rings. The number of amides is 1. The number of hydrogen-bond acceptors (Lipinski definition) is 7. The quantitative estimate of drug-likeness (QED) is 0.277. The number of thioether (sulfide) groups is 1. The summed E-state index contributed by atoms with van der Waals surface area (Å²) in [5.41, 5.74) is 3.46. The Morgan fingerprint density at radius 2 is 1.69 bits per heavy atom. The number of ether oxygens (including phenoxy) is 1. The average Bonchev–Trinajstić information content (AvgIpc) is 3.62. The Morgan fingerprint density at radius 3 is 2.31 bits per heavy atom. The van der Waals surface area contributed by atoms with Crippen molar-refractivity contribution in [3.8, 4) is 17.1 Å². The summed E-state index contributed by atoms with van der Waals surface area (Å²) in [6, 6.07) is 20.3. The SMILES string of the molecule is COc1ccc(N2CCN(C(=O)CSc3nnc(-c4ccc(C(C)(C)C)cc4)n3Cc3ccco3)CC2)cc1. The van der Waals surface area contributed by atoms with Crippen LogP contribution >= 0.6 is 11.8 Å². The van der Waals surface area contributed by atoms with Crippen molar-refractivity contribution in [3.05, 3.63) is 78.3 Å². The molecular weight excluding hydrogens is 510 g/mol. The maximum Gasteiger partial charge on any atom is 0.233 e. The third kappa shape index (κ3) is 6.30. The number of aromatic nitrogens is 3. The Labute approximate surface area is 234 Å². The van der Waals surface area contributed by atoms with Crippen LogP contribution in [0.15, 0.2) is 76.5 Å². The van der Waals surface area contributed by atoms with Gasteiger partial charge in [-0.25, -0.2) is 0 Å². The molecule has 0 radical (unpaired) electrons. The number of hydrogen-bond donors (Lipinski definition) is 0. The van der Waals surface area contributed by atoms with E-state index in [4.69, 9.17) is 9.15 Å². The van der Waals surface area contributed by atoms with Crippen LogP contribution in [0.5, 0.6) is 5.75 Å². The highest BCUT2D eigenvalue weighted by Crippen LogP contribution is 2.29. The highest BCUT2D eigenvalue weighted by atomic mass is 32.2. The zero-order valence-corrected chi connectivity index (χ0v) is 23.8. The molecule has 39 heavy (non-hydrogen) atoms. The Kier molecular flexibility index (Phi) is 7.97. The number of furan rings is 1. The molecule has 2 aromatic carbocycles. The van der Waals surface area contributed by atoms with Gasteiger partial charge in [0.2, 0.25) is 5.91 Å². The number of carbonyl (C=O) groups excluding carboxylic acids is 1. The van der Waals surface area contributed by atoms with E-state index < -0.39 is 0 Å². The third-order valence-corrected chi connectivity index (χ3v) is 7.97. The van der Waals surface area contributed by atoms with Gasteiger partial charge in [-0.3, -0.25) is 9.36 Å². The standard InChI is InChI=1S/C30H35N5O3S/c1-30(2,3)23-9-7-22(8-10-23)28-31-32-29(35(28)20-26-6-5-19-38-26)39-21-27(36)34-17-15-33(16-18-34)24-11-13-25(37-4)14-12-24/h5-14,19H,15-18,20-21H2,1-4H3. The fourth-order valence-corrected chi connectivity index (χ4v) is 5.49. The normalized spacial score (nSPS) is 14.1. The lowest BCUT2D eigenvalue weighted by Crippen LogP contribution is -2.49. The Bertz CT molecular complexity index is 1370. The summed E-state index contributed by atoms with van der Waals surface area (Å²) in [6.45, 7) is 10.1. The van der Waals surface area contributed by atoms with Gasteiger partial charge in [-0.1, -0.05) is 56.8 Å². The van der Waals surface area contributed by atoms with E-state index >= 15 is 0 Å². The van der Waals surface area contributed by atoms with E-state index in [0.29, 0.717) is 30.5 Å². The molecule has 1 saturated heterocycles. The van der Waals surface area contributed by atoms with Crippen LogP contribution < -0.4 is 9.64 Å². The van der Waals surface area contributed by atoms with Crippen molar-refractivity contribution < 1.29 is 13.9 Å². The molecule has 204 valence electrons. The average molecular weight is 546 g/mol. The van der Waals surface area contributed by atoms with Crippen LogP contribution in [0.3, 0.4) is 0 Å². The van der Waals surface area contributed by atoms with Gasteiger partial charge < -0.3 is 19.0 Å². The highest BCUT2D eigenvalue weighted by molar-refractivity contribution is 7.99. The number of anilines is 1. The van der Waals surface area contributed by atoms with Crippen LogP contribution in [0.2, 0.25) is 0 Å². The number of rotatable bonds is 8. The molecule has 3 heterocycles. The summed E-state index contributed by atoms with van der Waals surface area (Å²) in [4.78, 5) is 17.4. The van der Waals surface area contributed by atoms with E-state index in [-0.39, 0.29) is 11.3 Å². The van der Waals surface area contributed by atoms with E-state index in [9.17, 15) is 4.79 Å². The van der Waals surface area contributed by atoms with Crippen LogP contribution in [-0.2, 0) is 16.8 Å². The minimum atomic E-state index is 0.0713. The van der Waals surface area contributed by atoms with Gasteiger partial charge in [-0.2, -0.15) is 0 Å². The summed E-state index contributed by atoms with van der Waals surface area (Å²) in [7, 11) is 1.67. The van der Waals surface area contributed by atoms with E-state index in [2.05, 4.69) is 72.3 Å². The molecule has 1 fully saturated rings. The second-order valence-corrected chi connectivity index (χ2v) is 11.6. The third-order valence-electron chi connectivity index (χ3n) is 7.01. The molecule has 2 aromatic heterocycles. The molecular formula is C30H35N5O3S. The van der Waals surface area contributed by atoms with Crippen molar-refractivity contribution in [2.75, 3.05) is 43.9 Å². The fourth-order valence-electron chi connectivity index (χ4n) is 4.65. The van der Waals surface area contributed by atoms with Crippen molar-refractivity contribution in [2.45, 2.75) is 37.9 Å². The van der Waals surface area contributed by atoms with E-state index in [1.807, 2.05) is 33.7 Å². The van der Waals surface area contributed by atoms with Gasteiger partial charge in [0.1, 0.15) is 11.5 Å². The van der Waals surface area contributed by atoms with Gasteiger partial charge in [0, 0.05) is 37.4 Å². The Balaban J connectivity index is 1.25. The largest absolute Gasteiger partial charge is 0.497 e. The maximum absolute atomic E-state index is 13.1. The molecule has 0 aliphatic carbocycles. The number of nitrogens with zero attached hydrogens (tertiary/aromatic N) is 5. The number of benzene rings is 2. The van der Waals surface area contributed by atoms with Gasteiger partial charge in [0.05, 0.1) is 25.7 Å². The molecule has 0 bridgehead atoms. The van der Waals surface area contributed by atoms with Crippen LogP contribution in [0, 0.1) is 0 Å². The minimum Gasteiger partial charge on any atom is -0.497 e. The fraction of sp³-hybridized carbons (Fsp3) is 0.367. The van der Waals surface area contributed by atoms with E-state index in [1.165, 1.54) is 17.3 Å². The van der Waals surface area contributed by atoms with Gasteiger partial charge >= 0.3 is 0 Å². The topological polar surface area (TPSA) is 76.6 Å². The monoisotopic (exact) mass is 545 g/mol. The lowest BCUT2D eigenvalue weighted by molar-refractivity contribution is -0.128. The summed E-state index contributed by atoms with van der Waals surface area (Å²) in [5.74, 6) is 2.83. The summed E-state index contributed by atoms with van der Waals surface area (Å²) in [6.07, 6.45) is 1.67. The second-order valence-electron chi connectivity index (χ2n) is 10.7. The molecule has 0 saturated carbocycles.